The summed E-state index contributed by atoms with van der Waals surface area (Å²) in [4.78, 5) is 20.4. The third-order valence-corrected chi connectivity index (χ3v) is 3.76. The highest BCUT2D eigenvalue weighted by molar-refractivity contribution is 7.09. The normalized spacial score (nSPS) is 14.7. The van der Waals surface area contributed by atoms with E-state index >= 15 is 0 Å². The average Bonchev–Trinajstić information content (AvgIpc) is 3.09. The second-order valence-corrected chi connectivity index (χ2v) is 5.30. The molecule has 0 radical (unpaired) electrons. The van der Waals surface area contributed by atoms with E-state index in [0.29, 0.717) is 18.4 Å². The lowest BCUT2D eigenvalue weighted by Gasteiger charge is -2.07. The van der Waals surface area contributed by atoms with Crippen LogP contribution < -0.4 is 10.9 Å². The number of rotatable bonds is 5. The fourth-order valence-electron chi connectivity index (χ4n) is 1.85. The van der Waals surface area contributed by atoms with E-state index in [1.54, 1.807) is 34.5 Å². The molecular weight excluding hydrogens is 248 g/mol. The summed E-state index contributed by atoms with van der Waals surface area (Å²) in [6.45, 7) is 0.685. The Kier molecular flexibility index (Phi) is 3.10. The number of thiazole rings is 1. The first-order chi connectivity index (χ1) is 8.84. The Bertz CT molecular complexity index is 574. The molecule has 1 N–H and O–H groups in total. The number of aromatic nitrogens is 3. The molecule has 3 rings (SSSR count). The summed E-state index contributed by atoms with van der Waals surface area (Å²) in [5.41, 5.74) is -0.0147. The zero-order valence-corrected chi connectivity index (χ0v) is 10.7. The van der Waals surface area contributed by atoms with E-state index in [-0.39, 0.29) is 5.56 Å². The van der Waals surface area contributed by atoms with Gasteiger partial charge in [0.05, 0.1) is 5.01 Å². The van der Waals surface area contributed by atoms with Crippen LogP contribution in [0.25, 0.3) is 0 Å². The Morgan fingerprint density at radius 1 is 1.39 bits per heavy atom. The highest BCUT2D eigenvalue weighted by Crippen LogP contribution is 2.33. The molecule has 1 aliphatic rings. The third kappa shape index (κ3) is 2.43. The predicted molar refractivity (Wildman–Crippen MR) is 71.1 cm³/mol. The van der Waals surface area contributed by atoms with Gasteiger partial charge in [0.1, 0.15) is 0 Å². The van der Waals surface area contributed by atoms with Gasteiger partial charge in [0.25, 0.3) is 5.56 Å². The molecule has 0 bridgehead atoms. The van der Waals surface area contributed by atoms with Gasteiger partial charge in [-0.1, -0.05) is 0 Å². The summed E-state index contributed by atoms with van der Waals surface area (Å²) < 4.78 is 1.78. The van der Waals surface area contributed by atoms with Crippen molar-refractivity contribution in [3.63, 3.8) is 0 Å². The van der Waals surface area contributed by atoms with Crippen LogP contribution in [-0.4, -0.2) is 21.1 Å². The quantitative estimate of drug-likeness (QED) is 0.890. The molecule has 1 saturated carbocycles. The molecule has 2 aromatic heterocycles. The third-order valence-electron chi connectivity index (χ3n) is 2.92. The van der Waals surface area contributed by atoms with E-state index in [1.807, 2.05) is 5.38 Å². The van der Waals surface area contributed by atoms with Gasteiger partial charge in [0.2, 0.25) is 0 Å². The first kappa shape index (κ1) is 11.4. The molecule has 0 aromatic carbocycles. The topological polar surface area (TPSA) is 59.8 Å². The smallest absolute Gasteiger partial charge is 0.293 e. The largest absolute Gasteiger partial charge is 0.365 e. The van der Waals surface area contributed by atoms with Crippen molar-refractivity contribution in [3.05, 3.63) is 39.3 Å². The minimum absolute atomic E-state index is 0.0147. The Balaban J connectivity index is 1.65. The maximum atomic E-state index is 12.1. The lowest BCUT2D eigenvalue weighted by Crippen LogP contribution is -2.24. The molecular formula is C12H14N4OS. The number of nitrogens with zero attached hydrogens (tertiary/aromatic N) is 3. The van der Waals surface area contributed by atoms with Crippen molar-refractivity contribution in [2.75, 3.05) is 11.9 Å². The van der Waals surface area contributed by atoms with Gasteiger partial charge in [-0.2, -0.15) is 0 Å². The minimum atomic E-state index is -0.0147. The Morgan fingerprint density at radius 2 is 2.28 bits per heavy atom. The molecule has 0 amide bonds. The summed E-state index contributed by atoms with van der Waals surface area (Å²) in [5.74, 6) is 0.445. The fourth-order valence-corrected chi connectivity index (χ4v) is 2.47. The van der Waals surface area contributed by atoms with Gasteiger partial charge in [-0.3, -0.25) is 4.79 Å². The van der Waals surface area contributed by atoms with Crippen molar-refractivity contribution in [1.82, 2.24) is 14.5 Å². The van der Waals surface area contributed by atoms with E-state index < -0.39 is 0 Å². The second kappa shape index (κ2) is 4.89. The van der Waals surface area contributed by atoms with Crippen molar-refractivity contribution in [2.24, 2.45) is 0 Å². The summed E-state index contributed by atoms with van der Waals surface area (Å²) in [6.07, 6.45) is 8.26. The van der Waals surface area contributed by atoms with Gasteiger partial charge in [-0.15, -0.1) is 11.3 Å². The first-order valence-electron chi connectivity index (χ1n) is 6.04. The Labute approximate surface area is 109 Å². The van der Waals surface area contributed by atoms with Crippen LogP contribution in [0.2, 0.25) is 0 Å². The van der Waals surface area contributed by atoms with E-state index in [0.717, 1.165) is 24.3 Å². The highest BCUT2D eigenvalue weighted by atomic mass is 32.1. The molecule has 1 aliphatic carbocycles. The summed E-state index contributed by atoms with van der Waals surface area (Å²) >= 11 is 1.63. The molecule has 0 atom stereocenters. The van der Waals surface area contributed by atoms with Gasteiger partial charge in [0, 0.05) is 43.0 Å². The zero-order chi connectivity index (χ0) is 12.4. The molecule has 18 heavy (non-hydrogen) atoms. The highest BCUT2D eigenvalue weighted by Gasteiger charge is 2.25. The van der Waals surface area contributed by atoms with Gasteiger partial charge in [0.15, 0.2) is 5.82 Å². The Hall–Kier alpha value is -1.69. The average molecular weight is 262 g/mol. The summed E-state index contributed by atoms with van der Waals surface area (Å²) in [7, 11) is 0. The van der Waals surface area contributed by atoms with Crippen LogP contribution >= 0.6 is 11.3 Å². The van der Waals surface area contributed by atoms with Gasteiger partial charge in [-0.05, 0) is 12.8 Å². The van der Waals surface area contributed by atoms with Crippen LogP contribution in [0.4, 0.5) is 5.82 Å². The molecule has 2 aromatic rings. The molecule has 94 valence electrons. The number of hydrogen-bond donors (Lipinski definition) is 1. The van der Waals surface area contributed by atoms with E-state index in [2.05, 4.69) is 15.3 Å². The molecule has 1 fully saturated rings. The van der Waals surface area contributed by atoms with Crippen molar-refractivity contribution >= 4 is 17.2 Å². The summed E-state index contributed by atoms with van der Waals surface area (Å²) in [5, 5.41) is 6.12. The van der Waals surface area contributed by atoms with Gasteiger partial charge < -0.3 is 9.88 Å². The summed E-state index contributed by atoms with van der Waals surface area (Å²) in [6, 6.07) is 0.389. The van der Waals surface area contributed by atoms with Crippen LogP contribution in [-0.2, 0) is 6.42 Å². The van der Waals surface area contributed by atoms with Crippen LogP contribution in [0.5, 0.6) is 0 Å². The van der Waals surface area contributed by atoms with Crippen LogP contribution in [0, 0.1) is 0 Å². The van der Waals surface area contributed by atoms with Crippen LogP contribution in [0.1, 0.15) is 23.9 Å². The number of anilines is 1. The SMILES string of the molecule is O=c1c(NCCc2nccs2)nccn1C1CC1. The number of nitrogens with one attached hydrogen (secondary N) is 1. The van der Waals surface area contributed by atoms with E-state index in [4.69, 9.17) is 0 Å². The first-order valence-corrected chi connectivity index (χ1v) is 6.92. The maximum Gasteiger partial charge on any atom is 0.293 e. The van der Waals surface area contributed by atoms with Gasteiger partial charge >= 0.3 is 0 Å². The number of hydrogen-bond acceptors (Lipinski definition) is 5. The molecule has 2 heterocycles. The molecule has 6 heteroatoms. The minimum Gasteiger partial charge on any atom is -0.365 e. The maximum absolute atomic E-state index is 12.1. The zero-order valence-electron chi connectivity index (χ0n) is 9.87. The van der Waals surface area contributed by atoms with Crippen molar-refractivity contribution in [2.45, 2.75) is 25.3 Å². The monoisotopic (exact) mass is 262 g/mol. The van der Waals surface area contributed by atoms with Gasteiger partial charge in [-0.25, -0.2) is 9.97 Å². The van der Waals surface area contributed by atoms with Crippen LogP contribution in [0.15, 0.2) is 28.8 Å². The van der Waals surface area contributed by atoms with E-state index in [9.17, 15) is 4.79 Å². The lowest BCUT2D eigenvalue weighted by atomic mass is 10.4. The second-order valence-electron chi connectivity index (χ2n) is 4.32. The fraction of sp³-hybridized carbons (Fsp3) is 0.417. The van der Waals surface area contributed by atoms with Crippen molar-refractivity contribution in [1.29, 1.82) is 0 Å². The lowest BCUT2D eigenvalue weighted by molar-refractivity contribution is 0.699. The Morgan fingerprint density at radius 3 is 3.00 bits per heavy atom. The molecule has 0 spiro atoms. The molecule has 0 aliphatic heterocycles. The standard InChI is InChI=1S/C12H14N4OS/c17-12-11(14-4-3-10-13-6-8-18-10)15-5-7-16(12)9-1-2-9/h5-9H,1-4H2,(H,14,15). The molecule has 5 nitrogen and oxygen atoms in total. The predicted octanol–water partition coefficient (Wildman–Crippen LogP) is 1.69. The van der Waals surface area contributed by atoms with Crippen molar-refractivity contribution in [3.8, 4) is 0 Å². The van der Waals surface area contributed by atoms with E-state index in [1.165, 1.54) is 0 Å². The molecule has 0 saturated heterocycles. The molecule has 0 unspecified atom stereocenters. The van der Waals surface area contributed by atoms with Crippen molar-refractivity contribution < 1.29 is 0 Å². The van der Waals surface area contributed by atoms with Crippen LogP contribution in [0.3, 0.4) is 0 Å².